The van der Waals surface area contributed by atoms with E-state index in [2.05, 4.69) is 9.72 Å². The third-order valence-electron chi connectivity index (χ3n) is 3.57. The van der Waals surface area contributed by atoms with E-state index in [4.69, 9.17) is 12.2 Å². The van der Waals surface area contributed by atoms with Gasteiger partial charge in [-0.05, 0) is 35.4 Å². The number of pyridine rings is 1. The van der Waals surface area contributed by atoms with Crippen molar-refractivity contribution >= 4 is 46.3 Å². The number of esters is 1. The van der Waals surface area contributed by atoms with Crippen molar-refractivity contribution in [1.82, 2.24) is 9.88 Å². The molecule has 0 bridgehead atoms. The lowest BCUT2D eigenvalue weighted by atomic mass is 10.1. The smallest absolute Gasteiger partial charge is 0.337 e. The first-order valence-electron chi connectivity index (χ1n) is 7.41. The van der Waals surface area contributed by atoms with Gasteiger partial charge in [0.05, 0.1) is 24.1 Å². The van der Waals surface area contributed by atoms with Gasteiger partial charge in [0.15, 0.2) is 0 Å². The zero-order chi connectivity index (χ0) is 17.8. The number of hydrogen-bond donors (Lipinski definition) is 0. The minimum atomic E-state index is -0.394. The summed E-state index contributed by atoms with van der Waals surface area (Å²) in [6.45, 7) is 0.400. The largest absolute Gasteiger partial charge is 0.465 e. The Bertz CT molecular complexity index is 848. The van der Waals surface area contributed by atoms with Crippen molar-refractivity contribution in [1.29, 1.82) is 0 Å². The van der Waals surface area contributed by atoms with E-state index in [1.54, 1.807) is 47.6 Å². The Morgan fingerprint density at radius 3 is 2.72 bits per heavy atom. The lowest BCUT2D eigenvalue weighted by molar-refractivity contribution is -0.122. The number of hydrogen-bond acceptors (Lipinski definition) is 6. The highest BCUT2D eigenvalue weighted by Gasteiger charge is 2.31. The van der Waals surface area contributed by atoms with E-state index in [1.165, 1.54) is 18.9 Å². The molecule has 1 fully saturated rings. The Hall–Kier alpha value is -2.51. The number of rotatable bonds is 4. The van der Waals surface area contributed by atoms with Crippen molar-refractivity contribution in [3.05, 3.63) is 70.4 Å². The molecule has 1 aromatic heterocycles. The highest BCUT2D eigenvalue weighted by Crippen LogP contribution is 2.33. The first-order chi connectivity index (χ1) is 12.1. The maximum atomic E-state index is 12.6. The molecule has 0 aliphatic carbocycles. The highest BCUT2D eigenvalue weighted by atomic mass is 32.2. The number of ether oxygens (including phenoxy) is 1. The normalized spacial score (nSPS) is 15.7. The second kappa shape index (κ2) is 7.58. The van der Waals surface area contributed by atoms with E-state index in [1.807, 2.05) is 12.1 Å². The van der Waals surface area contributed by atoms with Crippen LogP contribution in [0.15, 0.2) is 53.7 Å². The average Bonchev–Trinajstić information content (AvgIpc) is 2.90. The second-order valence-corrected chi connectivity index (χ2v) is 6.92. The van der Waals surface area contributed by atoms with Crippen molar-refractivity contribution in [2.75, 3.05) is 7.11 Å². The van der Waals surface area contributed by atoms with Gasteiger partial charge in [-0.3, -0.25) is 14.7 Å². The average molecular weight is 370 g/mol. The van der Waals surface area contributed by atoms with Crippen molar-refractivity contribution in [3.8, 4) is 0 Å². The molecule has 126 valence electrons. The third-order valence-corrected chi connectivity index (χ3v) is 4.94. The van der Waals surface area contributed by atoms with Crippen molar-refractivity contribution < 1.29 is 14.3 Å². The number of carbonyl (C=O) groups excluding carboxylic acids is 2. The molecule has 0 spiro atoms. The number of aromatic nitrogens is 1. The van der Waals surface area contributed by atoms with Gasteiger partial charge < -0.3 is 4.74 Å². The molecule has 0 unspecified atom stereocenters. The zero-order valence-electron chi connectivity index (χ0n) is 13.3. The summed E-state index contributed by atoms with van der Waals surface area (Å²) in [5.74, 6) is -0.523. The summed E-state index contributed by atoms with van der Waals surface area (Å²) in [6.07, 6.45) is 5.17. The second-order valence-electron chi connectivity index (χ2n) is 5.24. The predicted molar refractivity (Wildman–Crippen MR) is 101 cm³/mol. The number of thioether (sulfide) groups is 1. The van der Waals surface area contributed by atoms with E-state index in [9.17, 15) is 9.59 Å². The molecule has 0 N–H and O–H groups in total. The van der Waals surface area contributed by atoms with Gasteiger partial charge in [-0.1, -0.05) is 42.2 Å². The van der Waals surface area contributed by atoms with E-state index in [0.29, 0.717) is 21.3 Å². The van der Waals surface area contributed by atoms with Gasteiger partial charge in [0.25, 0.3) is 5.91 Å². The Morgan fingerprint density at radius 2 is 2.08 bits per heavy atom. The molecule has 1 saturated heterocycles. The van der Waals surface area contributed by atoms with Crippen LogP contribution in [-0.4, -0.2) is 33.2 Å². The van der Waals surface area contributed by atoms with Crippen LogP contribution in [-0.2, 0) is 16.1 Å². The quantitative estimate of drug-likeness (QED) is 0.468. The SMILES string of the molecule is COC(=O)c1ccc(/C=C2/SC(=S)N(Cc3cccnc3)C2=O)cc1. The van der Waals surface area contributed by atoms with E-state index >= 15 is 0 Å². The Labute approximate surface area is 154 Å². The van der Waals surface area contributed by atoms with Gasteiger partial charge in [-0.15, -0.1) is 0 Å². The molecule has 5 nitrogen and oxygen atoms in total. The first-order valence-corrected chi connectivity index (χ1v) is 8.63. The number of amides is 1. The molecule has 0 saturated carbocycles. The number of methoxy groups -OCH3 is 1. The lowest BCUT2D eigenvalue weighted by Crippen LogP contribution is -2.27. The van der Waals surface area contributed by atoms with E-state index in [0.717, 1.165) is 11.1 Å². The van der Waals surface area contributed by atoms with Gasteiger partial charge >= 0.3 is 5.97 Å². The number of benzene rings is 1. The van der Waals surface area contributed by atoms with Crippen LogP contribution in [0, 0.1) is 0 Å². The molecular formula is C18H14N2O3S2. The van der Waals surface area contributed by atoms with Gasteiger partial charge in [-0.2, -0.15) is 0 Å². The van der Waals surface area contributed by atoms with Gasteiger partial charge in [0.1, 0.15) is 4.32 Å². The molecule has 0 radical (unpaired) electrons. The molecule has 1 aliphatic rings. The molecule has 3 rings (SSSR count). The third kappa shape index (κ3) is 3.94. The van der Waals surface area contributed by atoms with Crippen LogP contribution in [0.3, 0.4) is 0 Å². The topological polar surface area (TPSA) is 59.5 Å². The Morgan fingerprint density at radius 1 is 1.32 bits per heavy atom. The summed E-state index contributed by atoms with van der Waals surface area (Å²) in [5.41, 5.74) is 2.20. The van der Waals surface area contributed by atoms with Crippen LogP contribution < -0.4 is 0 Å². The maximum Gasteiger partial charge on any atom is 0.337 e. The van der Waals surface area contributed by atoms with Gasteiger partial charge in [0.2, 0.25) is 0 Å². The summed E-state index contributed by atoms with van der Waals surface area (Å²) in [7, 11) is 1.34. The van der Waals surface area contributed by atoms with Gasteiger partial charge in [-0.25, -0.2) is 4.79 Å². The predicted octanol–water partition coefficient (Wildman–Crippen LogP) is 3.27. The van der Waals surface area contributed by atoms with Gasteiger partial charge in [0, 0.05) is 12.4 Å². The number of thiocarbonyl (C=S) groups is 1. The first kappa shape index (κ1) is 17.3. The summed E-state index contributed by atoms with van der Waals surface area (Å²) < 4.78 is 5.19. The molecule has 0 atom stereocenters. The number of carbonyl (C=O) groups is 2. The molecule has 1 aromatic carbocycles. The Kier molecular flexibility index (Phi) is 5.25. The minimum Gasteiger partial charge on any atom is -0.465 e. The van der Waals surface area contributed by atoms with Crippen LogP contribution in [0.4, 0.5) is 0 Å². The Balaban J connectivity index is 1.77. The lowest BCUT2D eigenvalue weighted by Gasteiger charge is -2.13. The summed E-state index contributed by atoms with van der Waals surface area (Å²) in [4.78, 5) is 30.2. The van der Waals surface area contributed by atoms with Crippen LogP contribution in [0.25, 0.3) is 6.08 Å². The summed E-state index contributed by atoms with van der Waals surface area (Å²) in [5, 5.41) is 0. The molecule has 1 amide bonds. The summed E-state index contributed by atoms with van der Waals surface area (Å²) in [6, 6.07) is 10.6. The number of nitrogens with zero attached hydrogens (tertiary/aromatic N) is 2. The standard InChI is InChI=1S/C18H14N2O3S2/c1-23-17(22)14-6-4-12(5-7-14)9-15-16(21)20(18(24)25-15)11-13-3-2-8-19-10-13/h2-10H,11H2,1H3/b15-9+. The molecule has 1 aliphatic heterocycles. The summed E-state index contributed by atoms with van der Waals surface area (Å²) >= 11 is 6.59. The fourth-order valence-electron chi connectivity index (χ4n) is 2.30. The molecular weight excluding hydrogens is 356 g/mol. The van der Waals surface area contributed by atoms with Crippen molar-refractivity contribution in [2.45, 2.75) is 6.54 Å². The molecule has 2 aromatic rings. The van der Waals surface area contributed by atoms with E-state index in [-0.39, 0.29) is 5.91 Å². The minimum absolute atomic E-state index is 0.129. The molecule has 7 heteroatoms. The highest BCUT2D eigenvalue weighted by molar-refractivity contribution is 8.26. The van der Waals surface area contributed by atoms with Crippen LogP contribution >= 0.6 is 24.0 Å². The van der Waals surface area contributed by atoms with Crippen LogP contribution in [0.2, 0.25) is 0 Å². The van der Waals surface area contributed by atoms with Crippen LogP contribution in [0.1, 0.15) is 21.5 Å². The van der Waals surface area contributed by atoms with Crippen LogP contribution in [0.5, 0.6) is 0 Å². The fraction of sp³-hybridized carbons (Fsp3) is 0.111. The molecule has 2 heterocycles. The van der Waals surface area contributed by atoms with Crippen molar-refractivity contribution in [3.63, 3.8) is 0 Å². The zero-order valence-corrected chi connectivity index (χ0v) is 15.0. The maximum absolute atomic E-state index is 12.6. The van der Waals surface area contributed by atoms with E-state index < -0.39 is 5.97 Å². The molecule has 25 heavy (non-hydrogen) atoms. The monoisotopic (exact) mass is 370 g/mol. The van der Waals surface area contributed by atoms with Crippen molar-refractivity contribution in [2.24, 2.45) is 0 Å². The fourth-order valence-corrected chi connectivity index (χ4v) is 3.55.